The van der Waals surface area contributed by atoms with Gasteiger partial charge in [-0.15, -0.1) is 0 Å². The second-order valence-electron chi connectivity index (χ2n) is 6.80. The van der Waals surface area contributed by atoms with Crippen molar-refractivity contribution in [1.29, 1.82) is 0 Å². The van der Waals surface area contributed by atoms with Crippen LogP contribution in [0.4, 0.5) is 0 Å². The van der Waals surface area contributed by atoms with E-state index in [1.54, 1.807) is 0 Å². The van der Waals surface area contributed by atoms with Crippen LogP contribution >= 0.6 is 0 Å². The normalized spacial score (nSPS) is 29.6. The van der Waals surface area contributed by atoms with Gasteiger partial charge < -0.3 is 10.1 Å². The standard InChI is InChI=1S/C18H27NO/c1-12-4-7-18(17(8-12)13(2)19-3)20-11-16-10-14-5-6-15(16)9-14/h4,7-8,13-16,19H,5-6,9-11H2,1-3H3. The molecule has 4 atom stereocenters. The van der Waals surface area contributed by atoms with E-state index in [4.69, 9.17) is 4.74 Å². The van der Waals surface area contributed by atoms with Crippen molar-refractivity contribution in [2.75, 3.05) is 13.7 Å². The third kappa shape index (κ3) is 2.71. The van der Waals surface area contributed by atoms with E-state index >= 15 is 0 Å². The maximum absolute atomic E-state index is 6.21. The summed E-state index contributed by atoms with van der Waals surface area (Å²) in [5.74, 6) is 3.81. The van der Waals surface area contributed by atoms with Crippen molar-refractivity contribution in [3.05, 3.63) is 29.3 Å². The number of hydrogen-bond donors (Lipinski definition) is 1. The van der Waals surface area contributed by atoms with Gasteiger partial charge in [0.1, 0.15) is 5.75 Å². The Labute approximate surface area is 122 Å². The Morgan fingerprint density at radius 2 is 2.15 bits per heavy atom. The number of hydrogen-bond acceptors (Lipinski definition) is 2. The highest BCUT2D eigenvalue weighted by Gasteiger charge is 2.39. The van der Waals surface area contributed by atoms with Crippen LogP contribution in [-0.2, 0) is 0 Å². The Balaban J connectivity index is 1.67. The third-order valence-corrected chi connectivity index (χ3v) is 5.40. The van der Waals surface area contributed by atoms with E-state index in [-0.39, 0.29) is 0 Å². The molecular formula is C18H27NO. The van der Waals surface area contributed by atoms with Crippen molar-refractivity contribution in [3.8, 4) is 5.75 Å². The smallest absolute Gasteiger partial charge is 0.124 e. The molecule has 2 fully saturated rings. The quantitative estimate of drug-likeness (QED) is 0.872. The van der Waals surface area contributed by atoms with Crippen molar-refractivity contribution in [1.82, 2.24) is 5.32 Å². The fourth-order valence-corrected chi connectivity index (χ4v) is 4.07. The minimum absolute atomic E-state index is 0.338. The SMILES string of the molecule is CNC(C)c1cc(C)ccc1OCC1CC2CCC1C2. The van der Waals surface area contributed by atoms with Crippen molar-refractivity contribution in [2.45, 2.75) is 45.6 Å². The molecule has 2 heteroatoms. The van der Waals surface area contributed by atoms with E-state index in [0.717, 1.165) is 30.1 Å². The molecule has 0 aliphatic heterocycles. The predicted molar refractivity (Wildman–Crippen MR) is 83.1 cm³/mol. The van der Waals surface area contributed by atoms with Crippen LogP contribution < -0.4 is 10.1 Å². The Kier molecular flexibility index (Phi) is 4.02. The molecule has 0 saturated heterocycles. The predicted octanol–water partition coefficient (Wildman–Crippen LogP) is 4.09. The van der Waals surface area contributed by atoms with Gasteiger partial charge in [0.2, 0.25) is 0 Å². The van der Waals surface area contributed by atoms with Crippen LogP contribution in [0.3, 0.4) is 0 Å². The first-order valence-electron chi connectivity index (χ1n) is 8.08. The summed E-state index contributed by atoms with van der Waals surface area (Å²) in [5.41, 5.74) is 2.59. The van der Waals surface area contributed by atoms with Gasteiger partial charge in [-0.2, -0.15) is 0 Å². The average molecular weight is 273 g/mol. The third-order valence-electron chi connectivity index (χ3n) is 5.40. The van der Waals surface area contributed by atoms with E-state index in [1.165, 1.54) is 36.8 Å². The molecular weight excluding hydrogens is 246 g/mol. The molecule has 3 rings (SSSR count). The average Bonchev–Trinajstić information content (AvgIpc) is 3.07. The molecule has 4 unspecified atom stereocenters. The second kappa shape index (κ2) is 5.77. The van der Waals surface area contributed by atoms with Gasteiger partial charge in [0.15, 0.2) is 0 Å². The molecule has 20 heavy (non-hydrogen) atoms. The van der Waals surface area contributed by atoms with Crippen molar-refractivity contribution in [3.63, 3.8) is 0 Å². The first-order valence-corrected chi connectivity index (χ1v) is 8.08. The summed E-state index contributed by atoms with van der Waals surface area (Å²) in [5, 5.41) is 3.32. The maximum Gasteiger partial charge on any atom is 0.124 e. The van der Waals surface area contributed by atoms with Crippen LogP contribution in [0.25, 0.3) is 0 Å². The molecule has 2 aliphatic rings. The van der Waals surface area contributed by atoms with Gasteiger partial charge in [0.25, 0.3) is 0 Å². The lowest BCUT2D eigenvalue weighted by atomic mass is 9.89. The van der Waals surface area contributed by atoms with Gasteiger partial charge in [0, 0.05) is 11.6 Å². The van der Waals surface area contributed by atoms with E-state index in [1.807, 2.05) is 7.05 Å². The molecule has 2 aliphatic carbocycles. The molecule has 2 bridgehead atoms. The second-order valence-corrected chi connectivity index (χ2v) is 6.80. The van der Waals surface area contributed by atoms with Gasteiger partial charge in [-0.3, -0.25) is 0 Å². The first kappa shape index (κ1) is 13.9. The van der Waals surface area contributed by atoms with E-state index in [2.05, 4.69) is 37.4 Å². The van der Waals surface area contributed by atoms with Crippen LogP contribution in [0.1, 0.15) is 49.8 Å². The lowest BCUT2D eigenvalue weighted by molar-refractivity contribution is 0.193. The minimum Gasteiger partial charge on any atom is -0.493 e. The molecule has 0 amide bonds. The summed E-state index contributed by atoms with van der Waals surface area (Å²) in [4.78, 5) is 0. The molecule has 0 aromatic heterocycles. The number of nitrogens with one attached hydrogen (secondary N) is 1. The maximum atomic E-state index is 6.21. The zero-order valence-electron chi connectivity index (χ0n) is 13.0. The summed E-state index contributed by atoms with van der Waals surface area (Å²) in [6, 6.07) is 6.88. The van der Waals surface area contributed by atoms with Crippen molar-refractivity contribution >= 4 is 0 Å². The highest BCUT2D eigenvalue weighted by molar-refractivity contribution is 5.39. The fourth-order valence-electron chi connectivity index (χ4n) is 4.07. The highest BCUT2D eigenvalue weighted by atomic mass is 16.5. The lowest BCUT2D eigenvalue weighted by Crippen LogP contribution is -2.20. The van der Waals surface area contributed by atoms with Gasteiger partial charge in [-0.25, -0.2) is 0 Å². The van der Waals surface area contributed by atoms with Crippen molar-refractivity contribution < 1.29 is 4.74 Å². The molecule has 1 N–H and O–H groups in total. The molecule has 0 spiro atoms. The van der Waals surface area contributed by atoms with Gasteiger partial charge in [0.05, 0.1) is 6.61 Å². The van der Waals surface area contributed by atoms with Gasteiger partial charge in [-0.1, -0.05) is 24.1 Å². The van der Waals surface area contributed by atoms with E-state index < -0.39 is 0 Å². The molecule has 1 aromatic carbocycles. The monoisotopic (exact) mass is 273 g/mol. The van der Waals surface area contributed by atoms with Crippen LogP contribution in [-0.4, -0.2) is 13.7 Å². The number of ether oxygens (including phenoxy) is 1. The van der Waals surface area contributed by atoms with Crippen LogP contribution in [0.2, 0.25) is 0 Å². The summed E-state index contributed by atoms with van der Waals surface area (Å²) in [7, 11) is 2.01. The van der Waals surface area contributed by atoms with E-state index in [9.17, 15) is 0 Å². The van der Waals surface area contributed by atoms with Crippen LogP contribution in [0.5, 0.6) is 5.75 Å². The molecule has 2 saturated carbocycles. The fraction of sp³-hybridized carbons (Fsp3) is 0.667. The molecule has 110 valence electrons. The Morgan fingerprint density at radius 3 is 2.80 bits per heavy atom. The number of aryl methyl sites for hydroxylation is 1. The van der Waals surface area contributed by atoms with Gasteiger partial charge in [-0.05, 0) is 64.0 Å². The van der Waals surface area contributed by atoms with Crippen LogP contribution in [0.15, 0.2) is 18.2 Å². The molecule has 1 aromatic rings. The van der Waals surface area contributed by atoms with Gasteiger partial charge >= 0.3 is 0 Å². The van der Waals surface area contributed by atoms with Crippen LogP contribution in [0, 0.1) is 24.7 Å². The Morgan fingerprint density at radius 1 is 1.30 bits per heavy atom. The molecule has 2 nitrogen and oxygen atoms in total. The summed E-state index contributed by atoms with van der Waals surface area (Å²) >= 11 is 0. The number of fused-ring (bicyclic) bond motifs is 2. The Bertz CT molecular complexity index is 470. The number of rotatable bonds is 5. The largest absolute Gasteiger partial charge is 0.493 e. The number of benzene rings is 1. The zero-order valence-corrected chi connectivity index (χ0v) is 13.0. The zero-order chi connectivity index (χ0) is 14.1. The summed E-state index contributed by atoms with van der Waals surface area (Å²) < 4.78 is 6.21. The van der Waals surface area contributed by atoms with E-state index in [0.29, 0.717) is 6.04 Å². The lowest BCUT2D eigenvalue weighted by Gasteiger charge is -2.23. The molecule has 0 heterocycles. The highest BCUT2D eigenvalue weighted by Crippen LogP contribution is 2.48. The van der Waals surface area contributed by atoms with Crippen molar-refractivity contribution in [2.24, 2.45) is 17.8 Å². The Hall–Kier alpha value is -1.02. The summed E-state index contributed by atoms with van der Waals surface area (Å²) in [6.07, 6.45) is 5.76. The minimum atomic E-state index is 0.338. The topological polar surface area (TPSA) is 21.3 Å². The first-order chi connectivity index (χ1) is 9.67. The molecule has 0 radical (unpaired) electrons. The summed E-state index contributed by atoms with van der Waals surface area (Å²) in [6.45, 7) is 5.25.